The highest BCUT2D eigenvalue weighted by Gasteiger charge is 2.24. The van der Waals surface area contributed by atoms with Crippen molar-refractivity contribution in [3.8, 4) is 0 Å². The van der Waals surface area contributed by atoms with Crippen LogP contribution in [0.15, 0.2) is 23.1 Å². The van der Waals surface area contributed by atoms with E-state index >= 15 is 0 Å². The quantitative estimate of drug-likeness (QED) is 0.857. The molecular formula is C14H20N2O3S2. The highest BCUT2D eigenvalue weighted by molar-refractivity contribution is 7.98. The van der Waals surface area contributed by atoms with Gasteiger partial charge in [-0.15, -0.1) is 11.8 Å². The Bertz CT molecular complexity index is 615. The first kappa shape index (κ1) is 16.2. The molecule has 1 fully saturated rings. The second kappa shape index (κ2) is 6.70. The summed E-state index contributed by atoms with van der Waals surface area (Å²) in [5, 5.41) is 2.87. The number of hydrogen-bond donors (Lipinski definition) is 1. The minimum atomic E-state index is -2.96. The molecule has 0 aromatic heterocycles. The van der Waals surface area contributed by atoms with Crippen molar-refractivity contribution in [3.63, 3.8) is 0 Å². The van der Waals surface area contributed by atoms with E-state index in [4.69, 9.17) is 0 Å². The molecule has 0 bridgehead atoms. The van der Waals surface area contributed by atoms with Crippen molar-refractivity contribution in [3.05, 3.63) is 29.3 Å². The van der Waals surface area contributed by atoms with E-state index in [1.807, 2.05) is 25.3 Å². The van der Waals surface area contributed by atoms with Gasteiger partial charge in [0.2, 0.25) is 0 Å². The van der Waals surface area contributed by atoms with Crippen LogP contribution in [0.5, 0.6) is 0 Å². The van der Waals surface area contributed by atoms with E-state index in [0.29, 0.717) is 6.54 Å². The highest BCUT2D eigenvalue weighted by atomic mass is 32.2. The maximum atomic E-state index is 12.1. The molecule has 0 saturated carbocycles. The molecule has 0 atom stereocenters. The predicted octanol–water partition coefficient (Wildman–Crippen LogP) is 1.66. The fourth-order valence-electron chi connectivity index (χ4n) is 2.20. The van der Waals surface area contributed by atoms with E-state index in [1.54, 1.807) is 16.7 Å². The average molecular weight is 328 g/mol. The second-order valence-corrected chi connectivity index (χ2v) is 8.26. The van der Waals surface area contributed by atoms with E-state index in [0.717, 1.165) is 10.5 Å². The van der Waals surface area contributed by atoms with Crippen molar-refractivity contribution in [2.45, 2.75) is 18.4 Å². The van der Waals surface area contributed by atoms with E-state index in [2.05, 4.69) is 11.4 Å². The fraction of sp³-hybridized carbons (Fsp3) is 0.500. The van der Waals surface area contributed by atoms with Gasteiger partial charge in [-0.25, -0.2) is 13.2 Å². The Morgan fingerprint density at radius 3 is 2.62 bits per heavy atom. The molecule has 1 aliphatic rings. The van der Waals surface area contributed by atoms with E-state index in [-0.39, 0.29) is 30.6 Å². The first-order chi connectivity index (χ1) is 9.91. The van der Waals surface area contributed by atoms with Gasteiger partial charge in [0.1, 0.15) is 0 Å². The number of amides is 2. The zero-order valence-corrected chi connectivity index (χ0v) is 13.9. The van der Waals surface area contributed by atoms with Gasteiger partial charge in [0.05, 0.1) is 11.5 Å². The molecular weight excluding hydrogens is 308 g/mol. The van der Waals surface area contributed by atoms with Gasteiger partial charge in [-0.2, -0.15) is 0 Å². The lowest BCUT2D eigenvalue weighted by Gasteiger charge is -2.27. The number of urea groups is 1. The third-order valence-electron chi connectivity index (χ3n) is 3.50. The maximum Gasteiger partial charge on any atom is 0.317 e. The molecule has 1 N–H and O–H groups in total. The average Bonchev–Trinajstić information content (AvgIpc) is 2.45. The van der Waals surface area contributed by atoms with Gasteiger partial charge in [-0.3, -0.25) is 0 Å². The molecule has 0 spiro atoms. The number of benzene rings is 1. The number of rotatable bonds is 3. The lowest BCUT2D eigenvalue weighted by molar-refractivity contribution is 0.201. The number of nitrogens with one attached hydrogen (secondary N) is 1. The first-order valence-corrected chi connectivity index (χ1v) is 9.82. The van der Waals surface area contributed by atoms with Gasteiger partial charge in [0.15, 0.2) is 9.84 Å². The highest BCUT2D eigenvalue weighted by Crippen LogP contribution is 2.21. The zero-order valence-electron chi connectivity index (χ0n) is 12.3. The molecule has 5 nitrogen and oxygen atoms in total. The molecule has 1 heterocycles. The number of carbonyl (C=O) groups is 1. The van der Waals surface area contributed by atoms with Crippen LogP contribution in [0.1, 0.15) is 11.1 Å². The second-order valence-electron chi connectivity index (χ2n) is 5.11. The SMILES string of the molecule is CSc1cc(C)ccc1CNC(=O)N1CCS(=O)(=O)CC1. The molecule has 21 heavy (non-hydrogen) atoms. The summed E-state index contributed by atoms with van der Waals surface area (Å²) in [6, 6.07) is 5.94. The van der Waals surface area contributed by atoms with Gasteiger partial charge in [0, 0.05) is 24.5 Å². The molecule has 0 unspecified atom stereocenters. The Morgan fingerprint density at radius 2 is 2.00 bits per heavy atom. The van der Waals surface area contributed by atoms with Crippen molar-refractivity contribution >= 4 is 27.6 Å². The zero-order chi connectivity index (χ0) is 15.5. The van der Waals surface area contributed by atoms with Crippen LogP contribution < -0.4 is 5.32 Å². The fourth-order valence-corrected chi connectivity index (χ4v) is 4.10. The topological polar surface area (TPSA) is 66.5 Å². The molecule has 1 aliphatic heterocycles. The summed E-state index contributed by atoms with van der Waals surface area (Å²) in [7, 11) is -2.96. The Hall–Kier alpha value is -1.21. The minimum Gasteiger partial charge on any atom is -0.334 e. The summed E-state index contributed by atoms with van der Waals surface area (Å²) in [5.41, 5.74) is 2.27. The Kier molecular flexibility index (Phi) is 5.16. The molecule has 1 aromatic rings. The minimum absolute atomic E-state index is 0.0566. The van der Waals surface area contributed by atoms with Gasteiger partial charge < -0.3 is 10.2 Å². The molecule has 1 saturated heterocycles. The third kappa shape index (κ3) is 4.38. The summed E-state index contributed by atoms with van der Waals surface area (Å²) in [5.74, 6) is 0.113. The van der Waals surface area contributed by atoms with Crippen LogP contribution in [0.4, 0.5) is 4.79 Å². The van der Waals surface area contributed by atoms with Gasteiger partial charge in [0.25, 0.3) is 0 Å². The number of thioether (sulfide) groups is 1. The molecule has 116 valence electrons. The lowest BCUT2D eigenvalue weighted by Crippen LogP contribution is -2.48. The van der Waals surface area contributed by atoms with Crippen molar-refractivity contribution in [1.82, 2.24) is 10.2 Å². The normalized spacial score (nSPS) is 17.5. The van der Waals surface area contributed by atoms with Crippen LogP contribution in [0.25, 0.3) is 0 Å². The summed E-state index contributed by atoms with van der Waals surface area (Å²) in [4.78, 5) is 14.8. The number of nitrogens with zero attached hydrogens (tertiary/aromatic N) is 1. The van der Waals surface area contributed by atoms with E-state index in [1.165, 1.54) is 5.56 Å². The number of carbonyl (C=O) groups excluding carboxylic acids is 1. The third-order valence-corrected chi connectivity index (χ3v) is 5.93. The maximum absolute atomic E-state index is 12.1. The van der Waals surface area contributed by atoms with Crippen LogP contribution in [0.2, 0.25) is 0 Å². The summed E-state index contributed by atoms with van der Waals surface area (Å²) in [6.07, 6.45) is 2.01. The number of hydrogen-bond acceptors (Lipinski definition) is 4. The molecule has 2 rings (SSSR count). The van der Waals surface area contributed by atoms with Crippen molar-refractivity contribution in [1.29, 1.82) is 0 Å². The van der Waals surface area contributed by atoms with Gasteiger partial charge in [-0.1, -0.05) is 12.1 Å². The van der Waals surface area contributed by atoms with Gasteiger partial charge >= 0.3 is 6.03 Å². The van der Waals surface area contributed by atoms with Crippen LogP contribution in [0, 0.1) is 6.92 Å². The summed E-state index contributed by atoms with van der Waals surface area (Å²) in [6.45, 7) is 3.05. The number of sulfone groups is 1. The predicted molar refractivity (Wildman–Crippen MR) is 85.4 cm³/mol. The largest absolute Gasteiger partial charge is 0.334 e. The Balaban J connectivity index is 1.93. The van der Waals surface area contributed by atoms with Crippen LogP contribution >= 0.6 is 11.8 Å². The van der Waals surface area contributed by atoms with E-state index in [9.17, 15) is 13.2 Å². The Labute approximate surface area is 130 Å². The van der Waals surface area contributed by atoms with Crippen molar-refractivity contribution in [2.24, 2.45) is 0 Å². The van der Waals surface area contributed by atoms with Crippen LogP contribution in [0.3, 0.4) is 0 Å². The molecule has 0 aliphatic carbocycles. The molecule has 7 heteroatoms. The smallest absolute Gasteiger partial charge is 0.317 e. The van der Waals surface area contributed by atoms with Crippen molar-refractivity contribution < 1.29 is 13.2 Å². The summed E-state index contributed by atoms with van der Waals surface area (Å²) < 4.78 is 22.7. The molecule has 2 amide bonds. The number of aryl methyl sites for hydroxylation is 1. The van der Waals surface area contributed by atoms with Gasteiger partial charge in [-0.05, 0) is 30.4 Å². The monoisotopic (exact) mass is 328 g/mol. The van der Waals surface area contributed by atoms with E-state index < -0.39 is 9.84 Å². The first-order valence-electron chi connectivity index (χ1n) is 6.78. The molecule has 0 radical (unpaired) electrons. The summed E-state index contributed by atoms with van der Waals surface area (Å²) >= 11 is 1.65. The molecule has 1 aromatic carbocycles. The standard InChI is InChI=1S/C14H20N2O3S2/c1-11-3-4-12(13(9-11)20-2)10-15-14(17)16-5-7-21(18,19)8-6-16/h3-4,9H,5-8,10H2,1-2H3,(H,15,17). The Morgan fingerprint density at radius 1 is 1.33 bits per heavy atom. The van der Waals surface area contributed by atoms with Crippen LogP contribution in [-0.4, -0.2) is 50.2 Å². The van der Waals surface area contributed by atoms with Crippen LogP contribution in [-0.2, 0) is 16.4 Å². The van der Waals surface area contributed by atoms with Crippen molar-refractivity contribution in [2.75, 3.05) is 30.9 Å². The lowest BCUT2D eigenvalue weighted by atomic mass is 10.1.